The summed E-state index contributed by atoms with van der Waals surface area (Å²) in [5.41, 5.74) is 1.32. The van der Waals surface area contributed by atoms with Crippen molar-refractivity contribution in [3.63, 3.8) is 0 Å². The fourth-order valence-corrected chi connectivity index (χ4v) is 4.58. The third-order valence-corrected chi connectivity index (χ3v) is 5.96. The van der Waals surface area contributed by atoms with Gasteiger partial charge in [-0.15, -0.1) is 0 Å². The molecule has 2 heterocycles. The standard InChI is InChI=1S/C22H24FN3O2/c1-14(20-6-7-21(27)22(23)25-20)11-26-12-16-8-19(9-17(16)13-26)28-18-4-2-15(10-24)3-5-18/h2-7,14,16-17,19,27H,8-9,11-13H2,1H3/t14?,16-,17+,19+. The molecule has 0 amide bonds. The van der Waals surface area contributed by atoms with Gasteiger partial charge in [-0.05, 0) is 61.1 Å². The van der Waals surface area contributed by atoms with Crippen molar-refractivity contribution >= 4 is 0 Å². The molecule has 2 fully saturated rings. The lowest BCUT2D eigenvalue weighted by Crippen LogP contribution is -2.28. The Balaban J connectivity index is 1.29. The number of aromatic nitrogens is 1. The molecule has 1 aliphatic heterocycles. The molecule has 0 spiro atoms. The Labute approximate surface area is 164 Å². The van der Waals surface area contributed by atoms with E-state index < -0.39 is 11.7 Å². The number of nitriles is 1. The first-order valence-electron chi connectivity index (χ1n) is 9.76. The highest BCUT2D eigenvalue weighted by Crippen LogP contribution is 2.40. The largest absolute Gasteiger partial charge is 0.504 e. The molecule has 4 rings (SSSR count). The maximum atomic E-state index is 13.5. The van der Waals surface area contributed by atoms with Crippen LogP contribution >= 0.6 is 0 Å². The zero-order chi connectivity index (χ0) is 19.7. The zero-order valence-electron chi connectivity index (χ0n) is 15.9. The molecule has 2 aliphatic rings. The van der Waals surface area contributed by atoms with Crippen molar-refractivity contribution in [1.82, 2.24) is 9.88 Å². The van der Waals surface area contributed by atoms with Crippen LogP contribution in [0.25, 0.3) is 0 Å². The van der Waals surface area contributed by atoms with Crippen molar-refractivity contribution in [2.24, 2.45) is 11.8 Å². The summed E-state index contributed by atoms with van der Waals surface area (Å²) in [6, 6.07) is 12.5. The molecule has 1 N–H and O–H groups in total. The molecule has 146 valence electrons. The summed E-state index contributed by atoms with van der Waals surface area (Å²) in [4.78, 5) is 6.31. The highest BCUT2D eigenvalue weighted by atomic mass is 19.1. The van der Waals surface area contributed by atoms with E-state index in [9.17, 15) is 9.50 Å². The van der Waals surface area contributed by atoms with Crippen LogP contribution in [0.4, 0.5) is 4.39 Å². The Morgan fingerprint density at radius 3 is 2.50 bits per heavy atom. The highest BCUT2D eigenvalue weighted by Gasteiger charge is 2.42. The maximum absolute atomic E-state index is 13.5. The van der Waals surface area contributed by atoms with E-state index in [0.717, 1.165) is 38.2 Å². The van der Waals surface area contributed by atoms with Crippen LogP contribution < -0.4 is 4.74 Å². The molecule has 1 saturated carbocycles. The van der Waals surface area contributed by atoms with Crippen LogP contribution in [0.2, 0.25) is 0 Å². The second kappa shape index (κ2) is 7.76. The average Bonchev–Trinajstić information content (AvgIpc) is 3.22. The smallest absolute Gasteiger partial charge is 0.255 e. The number of rotatable bonds is 5. The number of hydrogen-bond donors (Lipinski definition) is 1. The van der Waals surface area contributed by atoms with Crippen LogP contribution in [0.3, 0.4) is 0 Å². The first-order valence-corrected chi connectivity index (χ1v) is 9.76. The molecule has 1 aromatic carbocycles. The molecule has 1 saturated heterocycles. The fourth-order valence-electron chi connectivity index (χ4n) is 4.58. The predicted octanol–water partition coefficient (Wildman–Crippen LogP) is 3.69. The van der Waals surface area contributed by atoms with Crippen molar-refractivity contribution in [2.75, 3.05) is 19.6 Å². The van der Waals surface area contributed by atoms with Gasteiger partial charge in [-0.2, -0.15) is 9.65 Å². The topological polar surface area (TPSA) is 69.4 Å². The van der Waals surface area contributed by atoms with Crippen molar-refractivity contribution in [3.05, 3.63) is 53.6 Å². The Bertz CT molecular complexity index is 866. The van der Waals surface area contributed by atoms with Gasteiger partial charge in [0.05, 0.1) is 17.7 Å². The molecule has 4 atom stereocenters. The molecule has 0 radical (unpaired) electrons. The molecule has 1 aliphatic carbocycles. The van der Waals surface area contributed by atoms with Crippen molar-refractivity contribution < 1.29 is 14.2 Å². The van der Waals surface area contributed by atoms with Crippen LogP contribution in [-0.4, -0.2) is 40.7 Å². The summed E-state index contributed by atoms with van der Waals surface area (Å²) >= 11 is 0. The lowest BCUT2D eigenvalue weighted by molar-refractivity contribution is 0.184. The van der Waals surface area contributed by atoms with Gasteiger partial charge in [0.15, 0.2) is 5.75 Å². The van der Waals surface area contributed by atoms with E-state index in [1.807, 2.05) is 19.1 Å². The number of nitrogens with zero attached hydrogens (tertiary/aromatic N) is 3. The Morgan fingerprint density at radius 1 is 1.21 bits per heavy atom. The summed E-state index contributed by atoms with van der Waals surface area (Å²) in [5, 5.41) is 18.2. The number of ether oxygens (including phenoxy) is 1. The number of benzene rings is 1. The molecule has 6 heteroatoms. The normalized spacial score (nSPS) is 25.2. The average molecular weight is 381 g/mol. The van der Waals surface area contributed by atoms with E-state index in [2.05, 4.69) is 16.0 Å². The first-order chi connectivity index (χ1) is 13.5. The van der Waals surface area contributed by atoms with E-state index in [-0.39, 0.29) is 12.0 Å². The zero-order valence-corrected chi connectivity index (χ0v) is 15.9. The second-order valence-corrected chi connectivity index (χ2v) is 8.03. The van der Waals surface area contributed by atoms with Gasteiger partial charge in [-0.25, -0.2) is 4.98 Å². The minimum atomic E-state index is -0.801. The molecule has 2 aromatic rings. The van der Waals surface area contributed by atoms with E-state index in [4.69, 9.17) is 10.00 Å². The van der Waals surface area contributed by atoms with Gasteiger partial charge >= 0.3 is 0 Å². The van der Waals surface area contributed by atoms with E-state index >= 15 is 0 Å². The van der Waals surface area contributed by atoms with E-state index in [1.165, 1.54) is 6.07 Å². The summed E-state index contributed by atoms with van der Waals surface area (Å²) in [6.45, 7) is 4.95. The van der Waals surface area contributed by atoms with Gasteiger partial charge in [0.1, 0.15) is 5.75 Å². The summed E-state index contributed by atoms with van der Waals surface area (Å²) < 4.78 is 19.6. The van der Waals surface area contributed by atoms with Gasteiger partial charge in [0.2, 0.25) is 0 Å². The van der Waals surface area contributed by atoms with Crippen molar-refractivity contribution in [3.8, 4) is 17.6 Å². The summed E-state index contributed by atoms with van der Waals surface area (Å²) in [7, 11) is 0. The minimum absolute atomic E-state index is 0.111. The van der Waals surface area contributed by atoms with E-state index in [1.54, 1.807) is 18.2 Å². The lowest BCUT2D eigenvalue weighted by atomic mass is 10.0. The third kappa shape index (κ3) is 3.95. The molecule has 1 unspecified atom stereocenters. The quantitative estimate of drug-likeness (QED) is 0.800. The number of hydrogen-bond acceptors (Lipinski definition) is 5. The number of likely N-dealkylation sites (tertiary alicyclic amines) is 1. The highest BCUT2D eigenvalue weighted by molar-refractivity contribution is 5.34. The summed E-state index contributed by atoms with van der Waals surface area (Å²) in [5.74, 6) is 0.986. The van der Waals surface area contributed by atoms with Crippen molar-refractivity contribution in [2.45, 2.75) is 31.8 Å². The Morgan fingerprint density at radius 2 is 1.89 bits per heavy atom. The monoisotopic (exact) mass is 381 g/mol. The van der Waals surface area contributed by atoms with Crippen LogP contribution in [-0.2, 0) is 0 Å². The molecular formula is C22H24FN3O2. The van der Waals surface area contributed by atoms with Crippen LogP contribution in [0.5, 0.6) is 11.5 Å². The SMILES string of the molecule is CC(CN1C[C@H]2C[C@H](Oc3ccc(C#N)cc3)C[C@H]2C1)c1ccc(O)c(F)n1. The summed E-state index contributed by atoms with van der Waals surface area (Å²) in [6.07, 6.45) is 2.32. The second-order valence-electron chi connectivity index (χ2n) is 8.03. The van der Waals surface area contributed by atoms with Gasteiger partial charge < -0.3 is 14.7 Å². The molecule has 0 bridgehead atoms. The van der Waals surface area contributed by atoms with Gasteiger partial charge in [-0.1, -0.05) is 6.92 Å². The first kappa shape index (κ1) is 18.7. The Kier molecular flexibility index (Phi) is 5.19. The number of halogens is 1. The van der Waals surface area contributed by atoms with E-state index in [0.29, 0.717) is 23.1 Å². The molecule has 5 nitrogen and oxygen atoms in total. The van der Waals surface area contributed by atoms with Crippen molar-refractivity contribution in [1.29, 1.82) is 5.26 Å². The van der Waals surface area contributed by atoms with Gasteiger partial charge in [0.25, 0.3) is 5.95 Å². The number of pyridine rings is 1. The molecular weight excluding hydrogens is 357 g/mol. The van der Waals surface area contributed by atoms with Crippen LogP contribution in [0, 0.1) is 29.1 Å². The fraction of sp³-hybridized carbons (Fsp3) is 0.455. The van der Waals surface area contributed by atoms with Crippen LogP contribution in [0.1, 0.15) is 36.9 Å². The minimum Gasteiger partial charge on any atom is -0.504 e. The van der Waals surface area contributed by atoms with Crippen LogP contribution in [0.15, 0.2) is 36.4 Å². The molecule has 28 heavy (non-hydrogen) atoms. The molecule has 1 aromatic heterocycles. The lowest BCUT2D eigenvalue weighted by Gasteiger charge is -2.23. The predicted molar refractivity (Wildman–Crippen MR) is 103 cm³/mol. The maximum Gasteiger partial charge on any atom is 0.255 e. The third-order valence-electron chi connectivity index (χ3n) is 5.96. The number of fused-ring (bicyclic) bond motifs is 1. The Hall–Kier alpha value is -2.65. The van der Waals surface area contributed by atoms with Gasteiger partial charge in [0, 0.05) is 31.2 Å². The number of aromatic hydroxyl groups is 1. The van der Waals surface area contributed by atoms with Gasteiger partial charge in [-0.3, -0.25) is 0 Å².